The number of piperidine rings is 1. The number of carbonyl (C=O) groups excluding carboxylic acids is 3. The van der Waals surface area contributed by atoms with Crippen molar-refractivity contribution in [3.05, 3.63) is 35.9 Å². The smallest absolute Gasteiger partial charge is 0.244 e. The number of likely N-dealkylation sites (tertiary alicyclic amines) is 1. The molecule has 2 N–H and O–H groups in total. The predicted octanol–water partition coefficient (Wildman–Crippen LogP) is 5.29. The number of hydrogen-bond donors (Lipinski definition) is 2. The fraction of sp³-hybridized carbons (Fsp3) is 0.727. The summed E-state index contributed by atoms with van der Waals surface area (Å²) in [5, 5.41) is 6.40. The van der Waals surface area contributed by atoms with Crippen LogP contribution in [0.3, 0.4) is 0 Å². The molecule has 0 aromatic heterocycles. The molecule has 1 saturated carbocycles. The maximum atomic E-state index is 13.7. The highest BCUT2D eigenvalue weighted by atomic mass is 32.2. The van der Waals surface area contributed by atoms with Crippen LogP contribution in [0.25, 0.3) is 0 Å². The molecular weight excluding hydrogens is 565 g/mol. The summed E-state index contributed by atoms with van der Waals surface area (Å²) in [5.41, 5.74) is 1.31. The normalized spacial score (nSPS) is 22.7. The van der Waals surface area contributed by atoms with Crippen LogP contribution < -0.4 is 10.6 Å². The van der Waals surface area contributed by atoms with E-state index in [0.29, 0.717) is 23.8 Å². The van der Waals surface area contributed by atoms with E-state index in [1.54, 1.807) is 28.4 Å². The lowest BCUT2D eigenvalue weighted by molar-refractivity contribution is -0.143. The van der Waals surface area contributed by atoms with Crippen LogP contribution in [0.5, 0.6) is 0 Å². The van der Waals surface area contributed by atoms with Gasteiger partial charge in [-0.05, 0) is 62.7 Å². The molecule has 1 aromatic carbocycles. The lowest BCUT2D eigenvalue weighted by Crippen LogP contribution is -2.58. The van der Waals surface area contributed by atoms with E-state index in [1.165, 1.54) is 37.7 Å². The summed E-state index contributed by atoms with van der Waals surface area (Å²) in [6.45, 7) is 10.9. The monoisotopic (exact) mass is 616 g/mol. The molecule has 3 aliphatic rings. The van der Waals surface area contributed by atoms with E-state index in [0.717, 1.165) is 38.2 Å². The lowest BCUT2D eigenvalue weighted by Gasteiger charge is -2.35. The Labute approximate surface area is 262 Å². The van der Waals surface area contributed by atoms with Crippen LogP contribution in [-0.4, -0.2) is 80.9 Å². The molecule has 0 bridgehead atoms. The average Bonchev–Trinajstić information content (AvgIpc) is 3.29. The number of thioether (sulfide) groups is 2. The van der Waals surface area contributed by atoms with Crippen LogP contribution >= 0.6 is 23.5 Å². The SMILES string of the molecule is CC(C)CC(=O)N1[C@H](C(=O)N[C@@H](CSCC2CCCCC2)C(=O)NC2CCN(Cc3ccccc3)CC2)CSC1(C)C. The van der Waals surface area contributed by atoms with Gasteiger partial charge in [-0.3, -0.25) is 19.3 Å². The van der Waals surface area contributed by atoms with E-state index in [1.807, 2.05) is 33.8 Å². The van der Waals surface area contributed by atoms with Gasteiger partial charge in [-0.15, -0.1) is 11.8 Å². The first kappa shape index (κ1) is 33.2. The third-order valence-electron chi connectivity index (χ3n) is 8.82. The first-order valence-electron chi connectivity index (χ1n) is 16.0. The van der Waals surface area contributed by atoms with Crippen molar-refractivity contribution in [2.75, 3.05) is 30.3 Å². The second-order valence-corrected chi connectivity index (χ2v) is 16.0. The second-order valence-electron chi connectivity index (χ2n) is 13.3. The van der Waals surface area contributed by atoms with Crippen molar-refractivity contribution in [2.45, 2.75) is 109 Å². The molecule has 9 heteroatoms. The highest BCUT2D eigenvalue weighted by Crippen LogP contribution is 2.39. The van der Waals surface area contributed by atoms with Gasteiger partial charge >= 0.3 is 0 Å². The molecular formula is C33H52N4O3S2. The summed E-state index contributed by atoms with van der Waals surface area (Å²) >= 11 is 3.42. The molecule has 3 fully saturated rings. The van der Waals surface area contributed by atoms with Gasteiger partial charge in [0.1, 0.15) is 12.1 Å². The Balaban J connectivity index is 1.36. The molecule has 7 nitrogen and oxygen atoms in total. The fourth-order valence-corrected chi connectivity index (χ4v) is 8.96. The van der Waals surface area contributed by atoms with Gasteiger partial charge < -0.3 is 15.5 Å². The largest absolute Gasteiger partial charge is 0.351 e. The van der Waals surface area contributed by atoms with Crippen LogP contribution in [0.15, 0.2) is 30.3 Å². The van der Waals surface area contributed by atoms with Gasteiger partial charge in [-0.25, -0.2) is 0 Å². The van der Waals surface area contributed by atoms with Gasteiger partial charge in [0, 0.05) is 43.6 Å². The molecule has 2 heterocycles. The minimum Gasteiger partial charge on any atom is -0.351 e. The fourth-order valence-electron chi connectivity index (χ4n) is 6.45. The van der Waals surface area contributed by atoms with Crippen LogP contribution in [0.4, 0.5) is 0 Å². The van der Waals surface area contributed by atoms with Crippen molar-refractivity contribution < 1.29 is 14.4 Å². The molecule has 42 heavy (non-hydrogen) atoms. The minimum absolute atomic E-state index is 0.00934. The molecule has 0 radical (unpaired) electrons. The lowest BCUT2D eigenvalue weighted by atomic mass is 9.91. The quantitative estimate of drug-likeness (QED) is 0.332. The number of rotatable bonds is 12. The van der Waals surface area contributed by atoms with Crippen molar-refractivity contribution in [3.63, 3.8) is 0 Å². The van der Waals surface area contributed by atoms with Gasteiger partial charge in [0.05, 0.1) is 4.87 Å². The zero-order chi connectivity index (χ0) is 30.1. The highest BCUT2D eigenvalue weighted by Gasteiger charge is 2.47. The van der Waals surface area contributed by atoms with Crippen molar-refractivity contribution in [3.8, 4) is 0 Å². The molecule has 234 valence electrons. The standard InChI is InChI=1S/C33H52N4O3S2/c1-24(2)19-30(38)37-29(23-42-33(37,3)4)32(40)35-28(22-41-21-26-13-9-6-10-14-26)31(39)34-27-15-17-36(18-16-27)20-25-11-7-5-8-12-25/h5,7-8,11-12,24,26-29H,6,9-10,13-23H2,1-4H3,(H,34,39)(H,35,40)/t28-,29-/m0/s1. The number of amides is 3. The number of carbonyl (C=O) groups is 3. The topological polar surface area (TPSA) is 81.8 Å². The molecule has 2 saturated heterocycles. The number of nitrogens with one attached hydrogen (secondary N) is 2. The van der Waals surface area contributed by atoms with E-state index < -0.39 is 17.0 Å². The molecule has 2 atom stereocenters. The summed E-state index contributed by atoms with van der Waals surface area (Å²) in [6.07, 6.45) is 8.66. The Morgan fingerprint density at radius 1 is 1.02 bits per heavy atom. The Morgan fingerprint density at radius 2 is 1.71 bits per heavy atom. The Bertz CT molecular complexity index is 1020. The minimum atomic E-state index is -0.607. The summed E-state index contributed by atoms with van der Waals surface area (Å²) in [5.74, 6) is 2.77. The molecule has 1 aromatic rings. The predicted molar refractivity (Wildman–Crippen MR) is 175 cm³/mol. The average molecular weight is 617 g/mol. The Morgan fingerprint density at radius 3 is 2.38 bits per heavy atom. The molecule has 0 unspecified atom stereocenters. The third kappa shape index (κ3) is 9.65. The summed E-state index contributed by atoms with van der Waals surface area (Å²) in [4.78, 5) is 44.3. The van der Waals surface area contributed by atoms with Crippen molar-refractivity contribution in [1.82, 2.24) is 20.4 Å². The Kier molecular flexibility index (Phi) is 12.5. The molecule has 0 spiro atoms. The van der Waals surface area contributed by atoms with E-state index in [-0.39, 0.29) is 29.7 Å². The maximum absolute atomic E-state index is 13.7. The van der Waals surface area contributed by atoms with Crippen LogP contribution in [0, 0.1) is 11.8 Å². The molecule has 1 aliphatic carbocycles. The Hall–Kier alpha value is -1.71. The summed E-state index contributed by atoms with van der Waals surface area (Å²) < 4.78 is 0. The first-order valence-corrected chi connectivity index (χ1v) is 18.2. The van der Waals surface area contributed by atoms with Gasteiger partial charge in [0.2, 0.25) is 17.7 Å². The van der Waals surface area contributed by atoms with E-state index in [9.17, 15) is 14.4 Å². The molecule has 4 rings (SSSR count). The zero-order valence-corrected chi connectivity index (χ0v) is 27.7. The number of nitrogens with zero attached hydrogens (tertiary/aromatic N) is 2. The number of benzene rings is 1. The van der Waals surface area contributed by atoms with Crippen molar-refractivity contribution in [1.29, 1.82) is 0 Å². The zero-order valence-electron chi connectivity index (χ0n) is 26.1. The molecule has 2 aliphatic heterocycles. The first-order chi connectivity index (χ1) is 20.1. The van der Waals surface area contributed by atoms with Gasteiger partial charge in [-0.1, -0.05) is 63.4 Å². The summed E-state index contributed by atoms with van der Waals surface area (Å²) in [7, 11) is 0. The second kappa shape index (κ2) is 15.8. The van der Waals surface area contributed by atoms with Crippen molar-refractivity contribution >= 4 is 41.2 Å². The van der Waals surface area contributed by atoms with E-state index >= 15 is 0 Å². The highest BCUT2D eigenvalue weighted by molar-refractivity contribution is 8.00. The number of hydrogen-bond acceptors (Lipinski definition) is 6. The van der Waals surface area contributed by atoms with Gasteiger partial charge in [0.15, 0.2) is 0 Å². The summed E-state index contributed by atoms with van der Waals surface area (Å²) in [6, 6.07) is 9.46. The van der Waals surface area contributed by atoms with Crippen LogP contribution in [-0.2, 0) is 20.9 Å². The van der Waals surface area contributed by atoms with Crippen molar-refractivity contribution in [2.24, 2.45) is 11.8 Å². The third-order valence-corrected chi connectivity index (χ3v) is 11.5. The van der Waals surface area contributed by atoms with E-state index in [2.05, 4.69) is 39.8 Å². The van der Waals surface area contributed by atoms with E-state index in [4.69, 9.17) is 0 Å². The molecule has 3 amide bonds. The van der Waals surface area contributed by atoms with Gasteiger partial charge in [-0.2, -0.15) is 11.8 Å². The van der Waals surface area contributed by atoms with Crippen LogP contribution in [0.1, 0.15) is 84.6 Å². The van der Waals surface area contributed by atoms with Crippen LogP contribution in [0.2, 0.25) is 0 Å². The van der Waals surface area contributed by atoms with Gasteiger partial charge in [0.25, 0.3) is 0 Å². The maximum Gasteiger partial charge on any atom is 0.244 e.